The van der Waals surface area contributed by atoms with Crippen LogP contribution in [0.4, 0.5) is 5.69 Å². The van der Waals surface area contributed by atoms with Gasteiger partial charge in [-0.2, -0.15) is 0 Å². The fourth-order valence-electron chi connectivity index (χ4n) is 3.39. The minimum absolute atomic E-state index is 0.0191. The molecule has 1 atom stereocenters. The first-order chi connectivity index (χ1) is 13.4. The maximum absolute atomic E-state index is 13.0. The summed E-state index contributed by atoms with van der Waals surface area (Å²) in [6.07, 6.45) is 4.28. The van der Waals surface area contributed by atoms with Crippen molar-refractivity contribution >= 4 is 56.5 Å². The maximum atomic E-state index is 13.0. The summed E-state index contributed by atoms with van der Waals surface area (Å²) in [7, 11) is 1.73. The third-order valence-electron chi connectivity index (χ3n) is 4.90. The highest BCUT2D eigenvalue weighted by Gasteiger charge is 2.23. The third-order valence-corrected chi connectivity index (χ3v) is 7.46. The molecule has 0 fully saturated rings. The van der Waals surface area contributed by atoms with Gasteiger partial charge in [-0.3, -0.25) is 14.2 Å². The number of nitrogens with zero attached hydrogens (tertiary/aromatic N) is 2. The monoisotopic (exact) mass is 433 g/mol. The van der Waals surface area contributed by atoms with E-state index in [9.17, 15) is 9.59 Å². The first-order valence-corrected chi connectivity index (χ1v) is 11.3. The summed E-state index contributed by atoms with van der Waals surface area (Å²) in [5.74, 6) is -0.160. The van der Waals surface area contributed by atoms with Crippen LogP contribution in [0.25, 0.3) is 10.2 Å². The Morgan fingerprint density at radius 2 is 2.14 bits per heavy atom. The van der Waals surface area contributed by atoms with Gasteiger partial charge in [0, 0.05) is 22.6 Å². The van der Waals surface area contributed by atoms with Crippen molar-refractivity contribution in [2.24, 2.45) is 7.05 Å². The number of rotatable bonds is 4. The Morgan fingerprint density at radius 1 is 1.36 bits per heavy atom. The van der Waals surface area contributed by atoms with Gasteiger partial charge in [0.15, 0.2) is 5.16 Å². The summed E-state index contributed by atoms with van der Waals surface area (Å²) in [5.41, 5.74) is 1.81. The van der Waals surface area contributed by atoms with Crippen molar-refractivity contribution in [3.05, 3.63) is 50.1 Å². The van der Waals surface area contributed by atoms with Gasteiger partial charge in [-0.25, -0.2) is 4.98 Å². The number of thiophene rings is 1. The number of carbonyl (C=O) groups excluding carboxylic acids is 1. The normalized spacial score (nSPS) is 14.7. The van der Waals surface area contributed by atoms with Gasteiger partial charge in [-0.15, -0.1) is 11.3 Å². The standard InChI is InChI=1S/C20H20ClN3O2S2/c1-11(17(25)22-13-7-5-6-12(21)10-13)27-20-23-18-16(19(26)24(20)2)14-8-3-4-9-15(14)28-18/h5-7,10-11H,3-4,8-9H2,1-2H3,(H,22,25). The Bertz CT molecular complexity index is 1120. The van der Waals surface area contributed by atoms with Gasteiger partial charge < -0.3 is 5.32 Å². The first kappa shape index (κ1) is 19.5. The van der Waals surface area contributed by atoms with Gasteiger partial charge in [0.25, 0.3) is 5.56 Å². The molecule has 0 saturated carbocycles. The lowest BCUT2D eigenvalue weighted by Gasteiger charge is -2.14. The average Bonchev–Trinajstić information content (AvgIpc) is 3.04. The predicted molar refractivity (Wildman–Crippen MR) is 117 cm³/mol. The van der Waals surface area contributed by atoms with Crippen LogP contribution in [0, 0.1) is 0 Å². The molecule has 4 rings (SSSR count). The Morgan fingerprint density at radius 3 is 2.93 bits per heavy atom. The second-order valence-corrected chi connectivity index (χ2v) is 9.74. The second-order valence-electron chi connectivity index (χ2n) is 6.91. The fraction of sp³-hybridized carbons (Fsp3) is 0.350. The summed E-state index contributed by atoms with van der Waals surface area (Å²) >= 11 is 8.88. The van der Waals surface area contributed by atoms with Crippen molar-refractivity contribution in [2.75, 3.05) is 5.32 Å². The number of carbonyl (C=O) groups is 1. The molecule has 146 valence electrons. The van der Waals surface area contributed by atoms with Crippen molar-refractivity contribution < 1.29 is 4.79 Å². The van der Waals surface area contributed by atoms with Crippen LogP contribution >= 0.6 is 34.7 Å². The number of amides is 1. The predicted octanol–water partition coefficient (Wildman–Crippen LogP) is 4.65. The van der Waals surface area contributed by atoms with E-state index in [2.05, 4.69) is 5.32 Å². The molecule has 1 aromatic carbocycles. The van der Waals surface area contributed by atoms with Crippen molar-refractivity contribution in [1.29, 1.82) is 0 Å². The molecule has 3 aromatic rings. The van der Waals surface area contributed by atoms with Crippen LogP contribution in [0.2, 0.25) is 5.02 Å². The lowest BCUT2D eigenvalue weighted by Crippen LogP contribution is -2.25. The zero-order valence-corrected chi connectivity index (χ0v) is 18.0. The summed E-state index contributed by atoms with van der Waals surface area (Å²) < 4.78 is 1.57. The van der Waals surface area contributed by atoms with E-state index < -0.39 is 5.25 Å². The Hall–Kier alpha value is -1.83. The minimum atomic E-state index is -0.413. The largest absolute Gasteiger partial charge is 0.325 e. The summed E-state index contributed by atoms with van der Waals surface area (Å²) in [6.45, 7) is 1.81. The number of aryl methyl sites for hydroxylation is 2. The van der Waals surface area contributed by atoms with E-state index in [0.29, 0.717) is 15.9 Å². The Labute approximate surface area is 176 Å². The quantitative estimate of drug-likeness (QED) is 0.480. The molecule has 28 heavy (non-hydrogen) atoms. The van der Waals surface area contributed by atoms with Crippen LogP contribution in [0.3, 0.4) is 0 Å². The van der Waals surface area contributed by atoms with Gasteiger partial charge in [0.05, 0.1) is 10.6 Å². The van der Waals surface area contributed by atoms with Gasteiger partial charge in [0.1, 0.15) is 4.83 Å². The van der Waals surface area contributed by atoms with Crippen LogP contribution in [-0.2, 0) is 24.7 Å². The minimum Gasteiger partial charge on any atom is -0.325 e. The molecule has 1 N–H and O–H groups in total. The second kappa shape index (κ2) is 7.89. The van der Waals surface area contributed by atoms with E-state index in [-0.39, 0.29) is 11.5 Å². The topological polar surface area (TPSA) is 64.0 Å². The van der Waals surface area contributed by atoms with Gasteiger partial charge in [0.2, 0.25) is 5.91 Å². The van der Waals surface area contributed by atoms with Crippen LogP contribution < -0.4 is 10.9 Å². The number of hydrogen-bond acceptors (Lipinski definition) is 5. The molecule has 0 radical (unpaired) electrons. The van der Waals surface area contributed by atoms with Crippen LogP contribution in [0.15, 0.2) is 34.2 Å². The Balaban J connectivity index is 1.59. The smallest absolute Gasteiger partial charge is 0.262 e. The number of halogens is 1. The number of aromatic nitrogens is 2. The number of benzene rings is 1. The molecule has 1 aliphatic carbocycles. The fourth-order valence-corrected chi connectivity index (χ4v) is 5.76. The highest BCUT2D eigenvalue weighted by molar-refractivity contribution is 8.00. The summed E-state index contributed by atoms with van der Waals surface area (Å²) in [6, 6.07) is 7.03. The molecular formula is C20H20ClN3O2S2. The van der Waals surface area contributed by atoms with Crippen LogP contribution in [-0.4, -0.2) is 20.7 Å². The number of hydrogen-bond donors (Lipinski definition) is 1. The van der Waals surface area contributed by atoms with Crippen LogP contribution in [0.1, 0.15) is 30.2 Å². The van der Waals surface area contributed by atoms with Gasteiger partial charge in [-0.1, -0.05) is 29.4 Å². The number of fused-ring (bicyclic) bond motifs is 3. The summed E-state index contributed by atoms with van der Waals surface area (Å²) in [5, 5.41) is 4.33. The van der Waals surface area contributed by atoms with E-state index in [0.717, 1.165) is 29.5 Å². The zero-order valence-electron chi connectivity index (χ0n) is 15.6. The van der Waals surface area contributed by atoms with Crippen molar-refractivity contribution in [3.8, 4) is 0 Å². The molecule has 1 amide bonds. The zero-order chi connectivity index (χ0) is 19.8. The molecule has 5 nitrogen and oxygen atoms in total. The lowest BCUT2D eigenvalue weighted by molar-refractivity contribution is -0.115. The number of anilines is 1. The van der Waals surface area contributed by atoms with Crippen molar-refractivity contribution in [1.82, 2.24) is 9.55 Å². The SMILES string of the molecule is CC(Sc1nc2sc3c(c2c(=O)n1C)CCCC3)C(=O)Nc1cccc(Cl)c1. The number of nitrogens with one attached hydrogen (secondary N) is 1. The average molecular weight is 434 g/mol. The van der Waals surface area contributed by atoms with E-state index in [1.807, 2.05) is 0 Å². The molecule has 0 aliphatic heterocycles. The van der Waals surface area contributed by atoms with Crippen molar-refractivity contribution in [2.45, 2.75) is 43.0 Å². The highest BCUT2D eigenvalue weighted by atomic mass is 35.5. The summed E-state index contributed by atoms with van der Waals surface area (Å²) in [4.78, 5) is 32.3. The molecule has 2 aromatic heterocycles. The van der Waals surface area contributed by atoms with E-state index in [4.69, 9.17) is 16.6 Å². The Kier molecular flexibility index (Phi) is 5.49. The molecule has 1 unspecified atom stereocenters. The number of thioether (sulfide) groups is 1. The van der Waals surface area contributed by atoms with Gasteiger partial charge in [-0.05, 0) is 56.4 Å². The molecule has 8 heteroatoms. The molecule has 2 heterocycles. The first-order valence-electron chi connectivity index (χ1n) is 9.18. The van der Waals surface area contributed by atoms with Crippen molar-refractivity contribution in [3.63, 3.8) is 0 Å². The third kappa shape index (κ3) is 3.71. The van der Waals surface area contributed by atoms with E-state index >= 15 is 0 Å². The molecule has 0 bridgehead atoms. The highest BCUT2D eigenvalue weighted by Crippen LogP contribution is 2.35. The van der Waals surface area contributed by atoms with E-state index in [1.54, 1.807) is 54.1 Å². The molecule has 0 spiro atoms. The molecule has 1 aliphatic rings. The van der Waals surface area contributed by atoms with Crippen LogP contribution in [0.5, 0.6) is 0 Å². The van der Waals surface area contributed by atoms with E-state index in [1.165, 1.54) is 28.6 Å². The molecular weight excluding hydrogens is 414 g/mol. The molecule has 0 saturated heterocycles. The maximum Gasteiger partial charge on any atom is 0.262 e. The van der Waals surface area contributed by atoms with Gasteiger partial charge >= 0.3 is 0 Å². The lowest BCUT2D eigenvalue weighted by atomic mass is 9.97.